The predicted molar refractivity (Wildman–Crippen MR) is 122 cm³/mol. The van der Waals surface area contributed by atoms with Crippen LogP contribution in [0.5, 0.6) is 0 Å². The summed E-state index contributed by atoms with van der Waals surface area (Å²) < 4.78 is 0. The third-order valence-electron chi connectivity index (χ3n) is 5.76. The van der Waals surface area contributed by atoms with E-state index in [9.17, 15) is 0 Å². The molecule has 4 nitrogen and oxygen atoms in total. The highest BCUT2D eigenvalue weighted by Gasteiger charge is 2.23. The van der Waals surface area contributed by atoms with Crippen LogP contribution in [0.1, 0.15) is 23.6 Å². The van der Waals surface area contributed by atoms with Crippen LogP contribution in [0.25, 0.3) is 10.8 Å². The van der Waals surface area contributed by atoms with Crippen LogP contribution in [0.2, 0.25) is 0 Å². The Labute approximate surface area is 173 Å². The summed E-state index contributed by atoms with van der Waals surface area (Å²) in [6.07, 6.45) is 0.925. The standard InChI is InChI=1S/C25H30N4/c1-17-5-3-6-19(11-17)12-22-15-28-14-18(2)25(22)29(27)16-21-8-4-7-20-13-23(26)9-10-24(20)21/h3-11,13,18,28H,12,14-16,26-27H2,1-2H3. The van der Waals surface area contributed by atoms with Crippen molar-refractivity contribution in [3.63, 3.8) is 0 Å². The molecule has 1 aliphatic rings. The third-order valence-corrected chi connectivity index (χ3v) is 5.76. The number of hydrogen-bond acceptors (Lipinski definition) is 4. The first kappa shape index (κ1) is 19.5. The number of rotatable bonds is 5. The van der Waals surface area contributed by atoms with Gasteiger partial charge in [0.1, 0.15) is 0 Å². The Kier molecular flexibility index (Phi) is 5.56. The maximum atomic E-state index is 6.69. The van der Waals surface area contributed by atoms with Crippen LogP contribution in [-0.2, 0) is 13.0 Å². The van der Waals surface area contributed by atoms with Crippen molar-refractivity contribution in [2.45, 2.75) is 26.8 Å². The summed E-state index contributed by atoms with van der Waals surface area (Å²) in [5.74, 6) is 7.06. The van der Waals surface area contributed by atoms with Crippen LogP contribution in [0.15, 0.2) is 71.9 Å². The van der Waals surface area contributed by atoms with Crippen molar-refractivity contribution in [3.05, 3.63) is 88.6 Å². The highest BCUT2D eigenvalue weighted by atomic mass is 15.4. The molecule has 0 saturated carbocycles. The first-order chi connectivity index (χ1) is 14.0. The monoisotopic (exact) mass is 386 g/mol. The SMILES string of the molecule is Cc1cccc(CC2=C(N(N)Cc3cccc4cc(N)ccc34)C(C)CNC2)c1. The Bertz CT molecular complexity index is 1050. The van der Waals surface area contributed by atoms with Crippen LogP contribution in [0.3, 0.4) is 0 Å². The molecule has 3 aromatic carbocycles. The largest absolute Gasteiger partial charge is 0.399 e. The molecule has 0 amide bonds. The number of fused-ring (bicyclic) bond motifs is 1. The predicted octanol–water partition coefficient (Wildman–Crippen LogP) is 4.14. The second-order valence-electron chi connectivity index (χ2n) is 8.21. The molecule has 1 heterocycles. The lowest BCUT2D eigenvalue weighted by Gasteiger charge is -2.34. The van der Waals surface area contributed by atoms with Crippen molar-refractivity contribution in [1.29, 1.82) is 0 Å². The second kappa shape index (κ2) is 8.27. The Morgan fingerprint density at radius 3 is 2.72 bits per heavy atom. The Morgan fingerprint density at radius 2 is 1.90 bits per heavy atom. The van der Waals surface area contributed by atoms with Gasteiger partial charge in [0.2, 0.25) is 0 Å². The third kappa shape index (κ3) is 4.29. The molecule has 150 valence electrons. The number of aryl methyl sites for hydroxylation is 1. The molecule has 0 aliphatic carbocycles. The molecule has 3 aromatic rings. The van der Waals surface area contributed by atoms with E-state index in [4.69, 9.17) is 11.6 Å². The molecule has 4 heteroatoms. The lowest BCUT2D eigenvalue weighted by Crippen LogP contribution is -2.42. The molecule has 1 aliphatic heterocycles. The molecule has 0 radical (unpaired) electrons. The van der Waals surface area contributed by atoms with Crippen molar-refractivity contribution < 1.29 is 0 Å². The number of nitrogens with one attached hydrogen (secondary N) is 1. The van der Waals surface area contributed by atoms with Crippen LogP contribution in [-0.4, -0.2) is 18.1 Å². The van der Waals surface area contributed by atoms with E-state index in [1.54, 1.807) is 0 Å². The maximum absolute atomic E-state index is 6.69. The van der Waals surface area contributed by atoms with Gasteiger partial charge in [0.15, 0.2) is 0 Å². The summed E-state index contributed by atoms with van der Waals surface area (Å²) in [5, 5.41) is 7.87. The van der Waals surface area contributed by atoms with Gasteiger partial charge in [0.25, 0.3) is 0 Å². The molecular weight excluding hydrogens is 356 g/mol. The van der Waals surface area contributed by atoms with Gasteiger partial charge in [-0.25, -0.2) is 5.84 Å². The van der Waals surface area contributed by atoms with Crippen molar-refractivity contribution in [2.24, 2.45) is 11.8 Å². The van der Waals surface area contributed by atoms with E-state index >= 15 is 0 Å². The second-order valence-corrected chi connectivity index (χ2v) is 8.21. The fourth-order valence-corrected chi connectivity index (χ4v) is 4.46. The van der Waals surface area contributed by atoms with Crippen LogP contribution < -0.4 is 16.9 Å². The van der Waals surface area contributed by atoms with Crippen molar-refractivity contribution >= 4 is 16.5 Å². The highest BCUT2D eigenvalue weighted by Crippen LogP contribution is 2.27. The molecule has 29 heavy (non-hydrogen) atoms. The van der Waals surface area contributed by atoms with E-state index in [1.807, 2.05) is 17.1 Å². The zero-order valence-electron chi connectivity index (χ0n) is 17.3. The topological polar surface area (TPSA) is 67.3 Å². The minimum Gasteiger partial charge on any atom is -0.399 e. The van der Waals surface area contributed by atoms with Gasteiger partial charge in [-0.1, -0.05) is 61.0 Å². The fourth-order valence-electron chi connectivity index (χ4n) is 4.46. The molecular formula is C25H30N4. The minimum absolute atomic E-state index is 0.374. The van der Waals surface area contributed by atoms with Gasteiger partial charge in [-0.05, 0) is 52.9 Å². The van der Waals surface area contributed by atoms with Gasteiger partial charge in [-0.3, -0.25) is 0 Å². The van der Waals surface area contributed by atoms with Crippen molar-refractivity contribution in [3.8, 4) is 0 Å². The van der Waals surface area contributed by atoms with Crippen LogP contribution >= 0.6 is 0 Å². The van der Waals surface area contributed by atoms with E-state index in [0.29, 0.717) is 12.5 Å². The average molecular weight is 387 g/mol. The number of hydrogen-bond donors (Lipinski definition) is 3. The summed E-state index contributed by atoms with van der Waals surface area (Å²) in [6.45, 7) is 6.91. The molecule has 0 saturated heterocycles. The summed E-state index contributed by atoms with van der Waals surface area (Å²) in [7, 11) is 0. The number of nitrogen functional groups attached to an aromatic ring is 1. The summed E-state index contributed by atoms with van der Waals surface area (Å²) in [5.41, 5.74) is 13.2. The molecule has 0 aromatic heterocycles. The normalized spacial score (nSPS) is 17.0. The van der Waals surface area contributed by atoms with Gasteiger partial charge < -0.3 is 16.1 Å². The van der Waals surface area contributed by atoms with Gasteiger partial charge in [-0.15, -0.1) is 0 Å². The number of benzene rings is 3. The number of hydrazine groups is 1. The van der Waals surface area contributed by atoms with Crippen LogP contribution in [0.4, 0.5) is 5.69 Å². The highest BCUT2D eigenvalue weighted by molar-refractivity contribution is 5.88. The first-order valence-electron chi connectivity index (χ1n) is 10.3. The molecule has 0 spiro atoms. The molecule has 0 bridgehead atoms. The molecule has 5 N–H and O–H groups in total. The van der Waals surface area contributed by atoms with E-state index in [1.165, 1.54) is 33.3 Å². The molecule has 4 rings (SSSR count). The van der Waals surface area contributed by atoms with E-state index < -0.39 is 0 Å². The van der Waals surface area contributed by atoms with Crippen molar-refractivity contribution in [1.82, 2.24) is 10.3 Å². The fraction of sp³-hybridized carbons (Fsp3) is 0.280. The summed E-state index contributed by atoms with van der Waals surface area (Å²) in [4.78, 5) is 0. The van der Waals surface area contributed by atoms with Gasteiger partial charge in [0.05, 0.1) is 6.54 Å². The summed E-state index contributed by atoms with van der Waals surface area (Å²) in [6, 6.07) is 21.2. The lowest BCUT2D eigenvalue weighted by atomic mass is 9.92. The average Bonchev–Trinajstić information content (AvgIpc) is 2.68. The van der Waals surface area contributed by atoms with Gasteiger partial charge in [-0.2, -0.15) is 0 Å². The Morgan fingerprint density at radius 1 is 1.07 bits per heavy atom. The number of anilines is 1. The Hall–Kier alpha value is -2.82. The van der Waals surface area contributed by atoms with E-state index in [0.717, 1.165) is 30.6 Å². The van der Waals surface area contributed by atoms with E-state index in [-0.39, 0.29) is 0 Å². The molecule has 1 unspecified atom stereocenters. The number of nitrogens with zero attached hydrogens (tertiary/aromatic N) is 1. The van der Waals surface area contributed by atoms with E-state index in [2.05, 4.69) is 67.7 Å². The Balaban J connectivity index is 1.66. The summed E-state index contributed by atoms with van der Waals surface area (Å²) >= 11 is 0. The quantitative estimate of drug-likeness (QED) is 0.350. The minimum atomic E-state index is 0.374. The lowest BCUT2D eigenvalue weighted by molar-refractivity contribution is 0.290. The van der Waals surface area contributed by atoms with Gasteiger partial charge in [0, 0.05) is 30.4 Å². The zero-order valence-corrected chi connectivity index (χ0v) is 17.3. The maximum Gasteiger partial charge on any atom is 0.0594 e. The first-order valence-corrected chi connectivity index (χ1v) is 10.3. The molecule has 1 atom stereocenters. The van der Waals surface area contributed by atoms with Gasteiger partial charge >= 0.3 is 0 Å². The smallest absolute Gasteiger partial charge is 0.0594 e. The zero-order chi connectivity index (χ0) is 20.4. The van der Waals surface area contributed by atoms with Crippen molar-refractivity contribution in [2.75, 3.05) is 18.8 Å². The number of nitrogens with two attached hydrogens (primary N) is 2. The molecule has 0 fully saturated rings. The van der Waals surface area contributed by atoms with Crippen LogP contribution in [0, 0.1) is 12.8 Å².